The van der Waals surface area contributed by atoms with E-state index in [-0.39, 0.29) is 18.9 Å². The summed E-state index contributed by atoms with van der Waals surface area (Å²) in [4.78, 5) is 1.11. The number of benzene rings is 1. The zero-order chi connectivity index (χ0) is 12.8. The third kappa shape index (κ3) is 2.03. The highest BCUT2D eigenvalue weighted by molar-refractivity contribution is 7.99. The smallest absolute Gasteiger partial charge is 0.297 e. The molecule has 1 saturated carbocycles. The summed E-state index contributed by atoms with van der Waals surface area (Å²) in [5.41, 5.74) is -0.600. The molecular formula is C13H14F3NS. The lowest BCUT2D eigenvalue weighted by atomic mass is 10.0. The maximum absolute atomic E-state index is 13.0. The SMILES string of the molecule is FC(F)(F)C1(NC2CCSc3ccccc32)CC1. The van der Waals surface area contributed by atoms with E-state index in [0.717, 1.165) is 22.6 Å². The minimum absolute atomic E-state index is 0.161. The standard InChI is InChI=1S/C13H14F3NS/c14-13(15,16)12(6-7-12)17-10-5-8-18-11-4-2-1-3-9(10)11/h1-4,10,17H,5-8H2. The van der Waals surface area contributed by atoms with E-state index in [4.69, 9.17) is 0 Å². The number of thioether (sulfide) groups is 1. The summed E-state index contributed by atoms with van der Waals surface area (Å²) in [6.07, 6.45) is -2.95. The van der Waals surface area contributed by atoms with Crippen LogP contribution < -0.4 is 5.32 Å². The molecule has 98 valence electrons. The predicted octanol–water partition coefficient (Wildman–Crippen LogP) is 3.91. The molecule has 1 aromatic rings. The summed E-state index contributed by atoms with van der Waals surface area (Å²) in [7, 11) is 0. The third-order valence-corrected chi connectivity index (χ3v) is 4.82. The van der Waals surface area contributed by atoms with Crippen LogP contribution in [0.25, 0.3) is 0 Å². The van der Waals surface area contributed by atoms with Gasteiger partial charge in [0.15, 0.2) is 0 Å². The molecule has 1 N–H and O–H groups in total. The van der Waals surface area contributed by atoms with Gasteiger partial charge in [-0.1, -0.05) is 18.2 Å². The van der Waals surface area contributed by atoms with E-state index >= 15 is 0 Å². The Balaban J connectivity index is 1.83. The van der Waals surface area contributed by atoms with Crippen molar-refractivity contribution in [2.24, 2.45) is 0 Å². The molecule has 2 aliphatic rings. The van der Waals surface area contributed by atoms with E-state index in [2.05, 4.69) is 5.32 Å². The van der Waals surface area contributed by atoms with Crippen LogP contribution >= 0.6 is 11.8 Å². The average Bonchev–Trinajstić information content (AvgIpc) is 3.10. The second-order valence-electron chi connectivity index (χ2n) is 4.95. The van der Waals surface area contributed by atoms with Crippen molar-refractivity contribution in [1.29, 1.82) is 0 Å². The topological polar surface area (TPSA) is 12.0 Å². The van der Waals surface area contributed by atoms with Gasteiger partial charge in [-0.05, 0) is 36.6 Å². The van der Waals surface area contributed by atoms with Gasteiger partial charge in [-0.25, -0.2) is 0 Å². The number of hydrogen-bond donors (Lipinski definition) is 1. The van der Waals surface area contributed by atoms with Gasteiger partial charge in [0.1, 0.15) is 5.54 Å². The Bertz CT molecular complexity index is 454. The van der Waals surface area contributed by atoms with E-state index in [0.29, 0.717) is 0 Å². The van der Waals surface area contributed by atoms with Crippen molar-refractivity contribution in [2.45, 2.75) is 41.9 Å². The van der Waals surface area contributed by atoms with Gasteiger partial charge in [0.05, 0.1) is 0 Å². The van der Waals surface area contributed by atoms with Crippen molar-refractivity contribution in [3.63, 3.8) is 0 Å². The molecule has 0 spiro atoms. The molecule has 1 heterocycles. The quantitative estimate of drug-likeness (QED) is 0.877. The highest BCUT2D eigenvalue weighted by Crippen LogP contribution is 2.51. The number of fused-ring (bicyclic) bond motifs is 1. The Morgan fingerprint density at radius 3 is 2.61 bits per heavy atom. The number of nitrogens with one attached hydrogen (secondary N) is 1. The average molecular weight is 273 g/mol. The first-order valence-electron chi connectivity index (χ1n) is 6.08. The lowest BCUT2D eigenvalue weighted by Crippen LogP contribution is -2.47. The lowest BCUT2D eigenvalue weighted by Gasteiger charge is -2.31. The molecule has 0 radical (unpaired) electrons. The summed E-state index contributed by atoms with van der Waals surface area (Å²) < 4.78 is 38.9. The molecule has 0 saturated heterocycles. The molecule has 1 fully saturated rings. The number of hydrogen-bond acceptors (Lipinski definition) is 2. The fraction of sp³-hybridized carbons (Fsp3) is 0.538. The predicted molar refractivity (Wildman–Crippen MR) is 65.7 cm³/mol. The third-order valence-electron chi connectivity index (χ3n) is 3.70. The highest BCUT2D eigenvalue weighted by Gasteiger charge is 2.63. The molecule has 1 nitrogen and oxygen atoms in total. The van der Waals surface area contributed by atoms with E-state index in [1.807, 2.05) is 24.3 Å². The minimum Gasteiger partial charge on any atom is -0.297 e. The zero-order valence-corrected chi connectivity index (χ0v) is 10.6. The van der Waals surface area contributed by atoms with Crippen LogP contribution in [-0.4, -0.2) is 17.5 Å². The van der Waals surface area contributed by atoms with Gasteiger partial charge in [0, 0.05) is 10.9 Å². The number of halogens is 3. The van der Waals surface area contributed by atoms with Gasteiger partial charge >= 0.3 is 6.18 Å². The first kappa shape index (κ1) is 12.4. The second-order valence-corrected chi connectivity index (χ2v) is 6.09. The Morgan fingerprint density at radius 2 is 1.94 bits per heavy atom. The van der Waals surface area contributed by atoms with Crippen molar-refractivity contribution in [1.82, 2.24) is 5.32 Å². The van der Waals surface area contributed by atoms with Crippen molar-refractivity contribution in [3.05, 3.63) is 29.8 Å². The molecule has 1 unspecified atom stereocenters. The van der Waals surface area contributed by atoms with Crippen LogP contribution in [0.2, 0.25) is 0 Å². The summed E-state index contributed by atoms with van der Waals surface area (Å²) in [5, 5.41) is 2.86. The van der Waals surface area contributed by atoms with Crippen LogP contribution in [0.3, 0.4) is 0 Å². The number of rotatable bonds is 2. The largest absolute Gasteiger partial charge is 0.406 e. The molecule has 0 aromatic heterocycles. The molecule has 3 rings (SSSR count). The van der Waals surface area contributed by atoms with Crippen molar-refractivity contribution in [3.8, 4) is 0 Å². The Kier molecular flexibility index (Phi) is 2.86. The second kappa shape index (κ2) is 4.17. The van der Waals surface area contributed by atoms with Crippen molar-refractivity contribution < 1.29 is 13.2 Å². The molecule has 0 amide bonds. The monoisotopic (exact) mass is 273 g/mol. The summed E-state index contributed by atoms with van der Waals surface area (Å²) in [5.74, 6) is 0.878. The van der Waals surface area contributed by atoms with Gasteiger partial charge in [-0.3, -0.25) is 5.32 Å². The highest BCUT2D eigenvalue weighted by atomic mass is 32.2. The van der Waals surface area contributed by atoms with Gasteiger partial charge in [-0.2, -0.15) is 13.2 Å². The summed E-state index contributed by atoms with van der Waals surface area (Å²) in [6, 6.07) is 7.59. The summed E-state index contributed by atoms with van der Waals surface area (Å²) >= 11 is 1.73. The molecule has 5 heteroatoms. The van der Waals surface area contributed by atoms with E-state index in [1.54, 1.807) is 11.8 Å². The van der Waals surface area contributed by atoms with Crippen LogP contribution in [0.4, 0.5) is 13.2 Å². The van der Waals surface area contributed by atoms with Crippen molar-refractivity contribution >= 4 is 11.8 Å². The fourth-order valence-corrected chi connectivity index (χ4v) is 3.59. The Labute approximate surface area is 108 Å². The first-order chi connectivity index (χ1) is 8.52. The van der Waals surface area contributed by atoms with Crippen LogP contribution in [0.15, 0.2) is 29.2 Å². The molecular weight excluding hydrogens is 259 g/mol. The lowest BCUT2D eigenvalue weighted by molar-refractivity contribution is -0.168. The minimum atomic E-state index is -4.13. The molecule has 18 heavy (non-hydrogen) atoms. The maximum atomic E-state index is 13.0. The van der Waals surface area contributed by atoms with Crippen molar-refractivity contribution in [2.75, 3.05) is 5.75 Å². The van der Waals surface area contributed by atoms with E-state index in [9.17, 15) is 13.2 Å². The van der Waals surface area contributed by atoms with Gasteiger partial charge in [0.2, 0.25) is 0 Å². The normalized spacial score (nSPS) is 25.6. The first-order valence-corrected chi connectivity index (χ1v) is 7.07. The Hall–Kier alpha value is -0.680. The molecule has 1 aliphatic heterocycles. The van der Waals surface area contributed by atoms with Crippen LogP contribution in [0.5, 0.6) is 0 Å². The van der Waals surface area contributed by atoms with E-state index < -0.39 is 11.7 Å². The van der Waals surface area contributed by atoms with Crippen LogP contribution in [0.1, 0.15) is 30.9 Å². The zero-order valence-electron chi connectivity index (χ0n) is 9.76. The molecule has 1 aromatic carbocycles. The molecule has 1 aliphatic carbocycles. The van der Waals surface area contributed by atoms with Gasteiger partial charge < -0.3 is 0 Å². The molecule has 1 atom stereocenters. The number of alkyl halides is 3. The van der Waals surface area contributed by atoms with Crippen LogP contribution in [-0.2, 0) is 0 Å². The molecule has 0 bridgehead atoms. The van der Waals surface area contributed by atoms with Gasteiger partial charge in [-0.15, -0.1) is 11.8 Å². The van der Waals surface area contributed by atoms with E-state index in [1.165, 1.54) is 0 Å². The summed E-state index contributed by atoms with van der Waals surface area (Å²) in [6.45, 7) is 0. The fourth-order valence-electron chi connectivity index (χ4n) is 2.46. The van der Waals surface area contributed by atoms with Crippen LogP contribution in [0, 0.1) is 0 Å². The Morgan fingerprint density at radius 1 is 1.22 bits per heavy atom. The maximum Gasteiger partial charge on any atom is 0.406 e. The van der Waals surface area contributed by atoms with Gasteiger partial charge in [0.25, 0.3) is 0 Å².